The molecule has 4 rings (SSSR count). The Morgan fingerprint density at radius 1 is 0.935 bits per heavy atom. The number of carbonyl (C=O) groups excluding carboxylic acids is 2. The molecular weight excluding hydrogens is 384 g/mol. The third-order valence-corrected chi connectivity index (χ3v) is 5.89. The van der Waals surface area contributed by atoms with Gasteiger partial charge in [0.05, 0.1) is 0 Å². The monoisotopic (exact) mass is 412 g/mol. The highest BCUT2D eigenvalue weighted by Crippen LogP contribution is 2.24. The van der Waals surface area contributed by atoms with Crippen molar-refractivity contribution in [2.45, 2.75) is 25.8 Å². The maximum atomic E-state index is 12.9. The third kappa shape index (κ3) is 5.21. The highest BCUT2D eigenvalue weighted by molar-refractivity contribution is 5.95. The summed E-state index contributed by atoms with van der Waals surface area (Å²) in [6.07, 6.45) is 2.77. The fraction of sp³-hybridized carbons (Fsp3) is 0.259. The SMILES string of the molecule is CN(Cc1ccccc1)C(=O)c1cccc(-c2ccc(CC3CCCNC3=O)cc2)c1. The Morgan fingerprint density at radius 3 is 2.45 bits per heavy atom. The molecular formula is C27H28N2O2. The average molecular weight is 413 g/mol. The smallest absolute Gasteiger partial charge is 0.253 e. The van der Waals surface area contributed by atoms with Crippen molar-refractivity contribution in [3.05, 3.63) is 95.6 Å². The molecule has 31 heavy (non-hydrogen) atoms. The van der Waals surface area contributed by atoms with Gasteiger partial charge >= 0.3 is 0 Å². The molecule has 3 aromatic carbocycles. The van der Waals surface area contributed by atoms with E-state index in [1.165, 1.54) is 5.56 Å². The Labute approximate surface area is 183 Å². The van der Waals surface area contributed by atoms with Crippen LogP contribution < -0.4 is 5.32 Å². The van der Waals surface area contributed by atoms with E-state index in [2.05, 4.69) is 29.6 Å². The molecule has 4 nitrogen and oxygen atoms in total. The molecule has 1 aliphatic heterocycles. The number of carbonyl (C=O) groups is 2. The van der Waals surface area contributed by atoms with Gasteiger partial charge in [-0.05, 0) is 53.6 Å². The van der Waals surface area contributed by atoms with Gasteiger partial charge in [0.25, 0.3) is 5.91 Å². The first-order valence-corrected chi connectivity index (χ1v) is 10.9. The molecule has 0 saturated carbocycles. The summed E-state index contributed by atoms with van der Waals surface area (Å²) in [6.45, 7) is 1.37. The quantitative estimate of drug-likeness (QED) is 0.638. The van der Waals surface area contributed by atoms with Crippen molar-refractivity contribution in [3.63, 3.8) is 0 Å². The lowest BCUT2D eigenvalue weighted by molar-refractivity contribution is -0.126. The zero-order valence-electron chi connectivity index (χ0n) is 17.9. The molecule has 0 radical (unpaired) electrons. The van der Waals surface area contributed by atoms with Gasteiger partial charge in [-0.3, -0.25) is 9.59 Å². The molecule has 158 valence electrons. The van der Waals surface area contributed by atoms with Gasteiger partial charge in [-0.15, -0.1) is 0 Å². The van der Waals surface area contributed by atoms with E-state index in [4.69, 9.17) is 0 Å². The Balaban J connectivity index is 1.45. The highest BCUT2D eigenvalue weighted by Gasteiger charge is 2.22. The van der Waals surface area contributed by atoms with Gasteiger partial charge in [0.2, 0.25) is 5.91 Å². The molecule has 4 heteroatoms. The van der Waals surface area contributed by atoms with Gasteiger partial charge in [-0.1, -0.05) is 66.7 Å². The van der Waals surface area contributed by atoms with Crippen LogP contribution >= 0.6 is 0 Å². The van der Waals surface area contributed by atoms with E-state index in [0.29, 0.717) is 12.1 Å². The van der Waals surface area contributed by atoms with E-state index < -0.39 is 0 Å². The number of amides is 2. The molecule has 1 saturated heterocycles. The second kappa shape index (κ2) is 9.61. The summed E-state index contributed by atoms with van der Waals surface area (Å²) in [4.78, 5) is 26.7. The fourth-order valence-corrected chi connectivity index (χ4v) is 4.13. The summed E-state index contributed by atoms with van der Waals surface area (Å²) in [7, 11) is 1.83. The number of hydrogen-bond donors (Lipinski definition) is 1. The van der Waals surface area contributed by atoms with E-state index in [0.717, 1.165) is 42.5 Å². The second-order valence-electron chi connectivity index (χ2n) is 8.26. The van der Waals surface area contributed by atoms with Crippen LogP contribution in [0.5, 0.6) is 0 Å². The first-order valence-electron chi connectivity index (χ1n) is 10.9. The van der Waals surface area contributed by atoms with Crippen LogP contribution in [-0.4, -0.2) is 30.3 Å². The molecule has 1 aliphatic rings. The third-order valence-electron chi connectivity index (χ3n) is 5.89. The molecule has 2 amide bonds. The Bertz CT molecular complexity index is 1040. The lowest BCUT2D eigenvalue weighted by Gasteiger charge is -2.21. The van der Waals surface area contributed by atoms with Crippen LogP contribution in [0.1, 0.15) is 34.3 Å². The summed E-state index contributed by atoms with van der Waals surface area (Å²) >= 11 is 0. The van der Waals surface area contributed by atoms with Crippen LogP contribution in [0.3, 0.4) is 0 Å². The maximum Gasteiger partial charge on any atom is 0.253 e. The maximum absolute atomic E-state index is 12.9. The molecule has 1 heterocycles. The first-order chi connectivity index (χ1) is 15.1. The van der Waals surface area contributed by atoms with Crippen molar-refractivity contribution in [2.75, 3.05) is 13.6 Å². The van der Waals surface area contributed by atoms with E-state index >= 15 is 0 Å². The predicted molar refractivity (Wildman–Crippen MR) is 124 cm³/mol. The predicted octanol–water partition coefficient (Wildman–Crippen LogP) is 4.69. The Hall–Kier alpha value is -3.40. The molecule has 3 aromatic rings. The van der Waals surface area contributed by atoms with Crippen molar-refractivity contribution >= 4 is 11.8 Å². The van der Waals surface area contributed by atoms with Crippen LogP contribution in [0.25, 0.3) is 11.1 Å². The fourth-order valence-electron chi connectivity index (χ4n) is 4.13. The van der Waals surface area contributed by atoms with Crippen LogP contribution in [-0.2, 0) is 17.8 Å². The van der Waals surface area contributed by atoms with Crippen LogP contribution in [0.15, 0.2) is 78.9 Å². The van der Waals surface area contributed by atoms with E-state index in [-0.39, 0.29) is 17.7 Å². The average Bonchev–Trinajstić information content (AvgIpc) is 2.81. The number of nitrogens with one attached hydrogen (secondary N) is 1. The minimum absolute atomic E-state index is 0.00522. The molecule has 0 aliphatic carbocycles. The van der Waals surface area contributed by atoms with Crippen molar-refractivity contribution < 1.29 is 9.59 Å². The standard InChI is InChI=1S/C27H28N2O2/c1-29(19-21-7-3-2-4-8-21)27(31)25-10-5-9-23(18-25)22-14-12-20(13-15-22)17-24-11-6-16-28-26(24)30/h2-5,7-10,12-15,18,24H,6,11,16-17,19H2,1H3,(H,28,30). The number of nitrogens with zero attached hydrogens (tertiary/aromatic N) is 1. The lowest BCUT2D eigenvalue weighted by atomic mass is 9.91. The number of benzene rings is 3. The van der Waals surface area contributed by atoms with Crippen LogP contribution in [0.2, 0.25) is 0 Å². The van der Waals surface area contributed by atoms with Crippen LogP contribution in [0, 0.1) is 5.92 Å². The van der Waals surface area contributed by atoms with E-state index in [9.17, 15) is 9.59 Å². The minimum Gasteiger partial charge on any atom is -0.356 e. The number of rotatable bonds is 6. The van der Waals surface area contributed by atoms with Gasteiger partial charge in [-0.2, -0.15) is 0 Å². The molecule has 1 fully saturated rings. The van der Waals surface area contributed by atoms with Crippen LogP contribution in [0.4, 0.5) is 0 Å². The normalized spacial score (nSPS) is 15.9. The summed E-state index contributed by atoms with van der Waals surface area (Å²) in [5.41, 5.74) is 5.04. The van der Waals surface area contributed by atoms with E-state index in [1.807, 2.05) is 61.6 Å². The number of piperidine rings is 1. The molecule has 0 aromatic heterocycles. The van der Waals surface area contributed by atoms with Gasteiger partial charge in [-0.25, -0.2) is 0 Å². The largest absolute Gasteiger partial charge is 0.356 e. The van der Waals surface area contributed by atoms with Crippen molar-refractivity contribution in [1.29, 1.82) is 0 Å². The lowest BCUT2D eigenvalue weighted by Crippen LogP contribution is -2.37. The van der Waals surface area contributed by atoms with E-state index in [1.54, 1.807) is 4.90 Å². The topological polar surface area (TPSA) is 49.4 Å². The zero-order chi connectivity index (χ0) is 21.6. The molecule has 1 N–H and O–H groups in total. The van der Waals surface area contributed by atoms with Gasteiger partial charge < -0.3 is 10.2 Å². The number of hydrogen-bond acceptors (Lipinski definition) is 2. The molecule has 0 bridgehead atoms. The molecule has 1 atom stereocenters. The highest BCUT2D eigenvalue weighted by atomic mass is 16.2. The summed E-state index contributed by atoms with van der Waals surface area (Å²) in [5, 5.41) is 2.96. The summed E-state index contributed by atoms with van der Waals surface area (Å²) in [6, 6.07) is 26.1. The van der Waals surface area contributed by atoms with Gasteiger partial charge in [0, 0.05) is 31.6 Å². The Morgan fingerprint density at radius 2 is 1.71 bits per heavy atom. The Kier molecular flexibility index (Phi) is 6.46. The second-order valence-corrected chi connectivity index (χ2v) is 8.26. The summed E-state index contributed by atoms with van der Waals surface area (Å²) < 4.78 is 0. The summed E-state index contributed by atoms with van der Waals surface area (Å²) in [5.74, 6) is 0.243. The van der Waals surface area contributed by atoms with Crippen molar-refractivity contribution in [3.8, 4) is 11.1 Å². The van der Waals surface area contributed by atoms with Crippen molar-refractivity contribution in [2.24, 2.45) is 5.92 Å². The van der Waals surface area contributed by atoms with Crippen molar-refractivity contribution in [1.82, 2.24) is 10.2 Å². The minimum atomic E-state index is 0.00522. The zero-order valence-corrected chi connectivity index (χ0v) is 17.9. The molecule has 1 unspecified atom stereocenters. The first kappa shape index (κ1) is 20.9. The van der Waals surface area contributed by atoms with Gasteiger partial charge in [0.15, 0.2) is 0 Å². The molecule has 0 spiro atoms. The van der Waals surface area contributed by atoms with Gasteiger partial charge in [0.1, 0.15) is 0 Å².